The Morgan fingerprint density at radius 3 is 2.10 bits per heavy atom. The summed E-state index contributed by atoms with van der Waals surface area (Å²) in [6.07, 6.45) is 0. The van der Waals surface area contributed by atoms with Crippen LogP contribution in [0.15, 0.2) is 72.8 Å². The van der Waals surface area contributed by atoms with Gasteiger partial charge in [-0.1, -0.05) is 18.2 Å². The summed E-state index contributed by atoms with van der Waals surface area (Å²) in [5, 5.41) is 19.6. The summed E-state index contributed by atoms with van der Waals surface area (Å²) in [4.78, 5) is 35.0. The second-order valence-electron chi connectivity index (χ2n) is 6.09. The Balaban J connectivity index is 1.79. The summed E-state index contributed by atoms with van der Waals surface area (Å²) in [6.45, 7) is 0. The van der Waals surface area contributed by atoms with Crippen molar-refractivity contribution in [3.63, 3.8) is 0 Å². The van der Waals surface area contributed by atoms with Gasteiger partial charge in [0.1, 0.15) is 5.69 Å². The number of nitro groups is 1. The van der Waals surface area contributed by atoms with Crippen LogP contribution < -0.4 is 16.0 Å². The van der Waals surface area contributed by atoms with Gasteiger partial charge in [-0.3, -0.25) is 19.7 Å². The van der Waals surface area contributed by atoms with Gasteiger partial charge in [0.2, 0.25) is 0 Å². The minimum absolute atomic E-state index is 0.144. The minimum Gasteiger partial charge on any atom is -0.355 e. The van der Waals surface area contributed by atoms with Crippen LogP contribution in [0.5, 0.6) is 0 Å². The first-order chi connectivity index (χ1) is 14.0. The maximum Gasteiger partial charge on any atom is 0.293 e. The van der Waals surface area contributed by atoms with E-state index in [1.165, 1.54) is 25.2 Å². The van der Waals surface area contributed by atoms with Crippen molar-refractivity contribution in [2.24, 2.45) is 0 Å². The number of rotatable bonds is 6. The first-order valence-corrected chi connectivity index (χ1v) is 8.72. The van der Waals surface area contributed by atoms with Crippen LogP contribution in [-0.4, -0.2) is 23.8 Å². The molecule has 0 atom stereocenters. The number of carbonyl (C=O) groups is 2. The molecular formula is C21H18N4O4. The molecule has 0 heterocycles. The van der Waals surface area contributed by atoms with Crippen molar-refractivity contribution in [3.05, 3.63) is 94.0 Å². The number of nitro benzene ring substituents is 1. The Kier molecular flexibility index (Phi) is 5.84. The fourth-order valence-corrected chi connectivity index (χ4v) is 2.66. The number of anilines is 3. The third kappa shape index (κ3) is 4.75. The lowest BCUT2D eigenvalue weighted by Crippen LogP contribution is -2.18. The Morgan fingerprint density at radius 2 is 1.48 bits per heavy atom. The Labute approximate surface area is 166 Å². The molecule has 8 heteroatoms. The van der Waals surface area contributed by atoms with E-state index < -0.39 is 10.8 Å². The van der Waals surface area contributed by atoms with Crippen molar-refractivity contribution >= 4 is 34.6 Å². The van der Waals surface area contributed by atoms with Crippen molar-refractivity contribution < 1.29 is 14.5 Å². The van der Waals surface area contributed by atoms with Gasteiger partial charge in [-0.2, -0.15) is 0 Å². The van der Waals surface area contributed by atoms with E-state index >= 15 is 0 Å². The quantitative estimate of drug-likeness (QED) is 0.436. The van der Waals surface area contributed by atoms with Crippen LogP contribution in [0.1, 0.15) is 20.7 Å². The third-order valence-corrected chi connectivity index (χ3v) is 4.14. The molecule has 3 N–H and O–H groups in total. The van der Waals surface area contributed by atoms with Gasteiger partial charge < -0.3 is 16.0 Å². The lowest BCUT2D eigenvalue weighted by atomic mass is 10.1. The van der Waals surface area contributed by atoms with Crippen molar-refractivity contribution in [3.8, 4) is 0 Å². The topological polar surface area (TPSA) is 113 Å². The molecule has 2 amide bonds. The van der Waals surface area contributed by atoms with Gasteiger partial charge in [0.15, 0.2) is 0 Å². The van der Waals surface area contributed by atoms with Crippen LogP contribution in [0.2, 0.25) is 0 Å². The number of amides is 2. The van der Waals surface area contributed by atoms with E-state index in [-0.39, 0.29) is 22.8 Å². The third-order valence-electron chi connectivity index (χ3n) is 4.14. The summed E-state index contributed by atoms with van der Waals surface area (Å²) in [5.74, 6) is -0.730. The normalized spacial score (nSPS) is 10.1. The molecule has 29 heavy (non-hydrogen) atoms. The number of hydrogen-bond donors (Lipinski definition) is 3. The molecule has 0 fully saturated rings. The Morgan fingerprint density at radius 1 is 0.828 bits per heavy atom. The van der Waals surface area contributed by atoms with Crippen molar-refractivity contribution in [2.45, 2.75) is 0 Å². The molecule has 3 aromatic rings. The molecule has 0 radical (unpaired) electrons. The van der Waals surface area contributed by atoms with Crippen LogP contribution >= 0.6 is 0 Å². The van der Waals surface area contributed by atoms with Crippen LogP contribution in [0.3, 0.4) is 0 Å². The maximum atomic E-state index is 12.5. The summed E-state index contributed by atoms with van der Waals surface area (Å²) in [6, 6.07) is 19.6. The van der Waals surface area contributed by atoms with Gasteiger partial charge in [0.25, 0.3) is 17.5 Å². The predicted octanol–water partition coefficient (Wildman–Crippen LogP) is 3.95. The molecule has 0 aliphatic rings. The second kappa shape index (κ2) is 8.66. The highest BCUT2D eigenvalue weighted by Crippen LogP contribution is 2.29. The molecule has 0 bridgehead atoms. The predicted molar refractivity (Wildman–Crippen MR) is 111 cm³/mol. The second-order valence-corrected chi connectivity index (χ2v) is 6.09. The molecule has 3 rings (SSSR count). The average molecular weight is 390 g/mol. The molecule has 0 aliphatic heterocycles. The molecule has 3 aromatic carbocycles. The van der Waals surface area contributed by atoms with Crippen LogP contribution in [-0.2, 0) is 0 Å². The monoisotopic (exact) mass is 390 g/mol. The number of benzene rings is 3. The van der Waals surface area contributed by atoms with E-state index in [4.69, 9.17) is 0 Å². The van der Waals surface area contributed by atoms with Crippen molar-refractivity contribution in [2.75, 3.05) is 17.7 Å². The highest BCUT2D eigenvalue weighted by Gasteiger charge is 2.18. The number of nitrogens with one attached hydrogen (secondary N) is 3. The van der Waals surface area contributed by atoms with Crippen molar-refractivity contribution in [1.82, 2.24) is 5.32 Å². The molecule has 0 saturated carbocycles. The average Bonchev–Trinajstić information content (AvgIpc) is 2.74. The van der Waals surface area contributed by atoms with Gasteiger partial charge in [-0.15, -0.1) is 0 Å². The van der Waals surface area contributed by atoms with Gasteiger partial charge in [-0.25, -0.2) is 0 Å². The Hall–Kier alpha value is -4.20. The summed E-state index contributed by atoms with van der Waals surface area (Å²) >= 11 is 0. The van der Waals surface area contributed by atoms with Gasteiger partial charge >= 0.3 is 0 Å². The van der Waals surface area contributed by atoms with Gasteiger partial charge in [0, 0.05) is 35.6 Å². The zero-order valence-corrected chi connectivity index (χ0v) is 15.5. The van der Waals surface area contributed by atoms with Gasteiger partial charge in [0.05, 0.1) is 4.92 Å². The number of hydrogen-bond acceptors (Lipinski definition) is 5. The zero-order chi connectivity index (χ0) is 20.8. The summed E-state index contributed by atoms with van der Waals surface area (Å²) in [5.41, 5.74) is 1.84. The first-order valence-electron chi connectivity index (χ1n) is 8.72. The molecule has 8 nitrogen and oxygen atoms in total. The van der Waals surface area contributed by atoms with E-state index in [9.17, 15) is 19.7 Å². The smallest absolute Gasteiger partial charge is 0.293 e. The molecule has 0 aliphatic carbocycles. The maximum absolute atomic E-state index is 12.5. The molecule has 146 valence electrons. The lowest BCUT2D eigenvalue weighted by Gasteiger charge is -2.10. The fraction of sp³-hybridized carbons (Fsp3) is 0.0476. The molecule has 0 unspecified atom stereocenters. The molecular weight excluding hydrogens is 372 g/mol. The SMILES string of the molecule is CNC(=O)c1ccc(NC(=O)c2ccc(Nc3ccccc3)c([N+](=O)[O-])c2)cc1. The lowest BCUT2D eigenvalue weighted by molar-refractivity contribution is -0.383. The number of carbonyl (C=O) groups excluding carboxylic acids is 2. The summed E-state index contributed by atoms with van der Waals surface area (Å²) < 4.78 is 0. The van der Waals surface area contributed by atoms with E-state index in [1.54, 1.807) is 36.4 Å². The molecule has 0 spiro atoms. The highest BCUT2D eigenvalue weighted by atomic mass is 16.6. The largest absolute Gasteiger partial charge is 0.355 e. The van der Waals surface area contributed by atoms with Crippen LogP contribution in [0, 0.1) is 10.1 Å². The van der Waals surface area contributed by atoms with Crippen molar-refractivity contribution in [1.29, 1.82) is 0 Å². The standard InChI is InChI=1S/C21H18N4O4/c1-22-20(26)14-7-10-17(11-8-14)24-21(27)15-9-12-18(19(13-15)25(28)29)23-16-5-3-2-4-6-16/h2-13,23H,1H3,(H,22,26)(H,24,27). The zero-order valence-electron chi connectivity index (χ0n) is 15.5. The summed E-state index contributed by atoms with van der Waals surface area (Å²) in [7, 11) is 1.53. The molecule has 0 aromatic heterocycles. The van der Waals surface area contributed by atoms with Crippen LogP contribution in [0.4, 0.5) is 22.7 Å². The minimum atomic E-state index is -0.541. The highest BCUT2D eigenvalue weighted by molar-refractivity contribution is 6.05. The first kappa shape index (κ1) is 19.6. The van der Waals surface area contributed by atoms with Crippen LogP contribution in [0.25, 0.3) is 0 Å². The van der Waals surface area contributed by atoms with E-state index in [0.717, 1.165) is 0 Å². The van der Waals surface area contributed by atoms with Gasteiger partial charge in [-0.05, 0) is 48.5 Å². The van der Waals surface area contributed by atoms with E-state index in [1.807, 2.05) is 18.2 Å². The number of nitrogens with zero attached hydrogens (tertiary/aromatic N) is 1. The number of para-hydroxylation sites is 1. The van der Waals surface area contributed by atoms with E-state index in [0.29, 0.717) is 16.9 Å². The molecule has 0 saturated heterocycles. The Bertz CT molecular complexity index is 1050. The fourth-order valence-electron chi connectivity index (χ4n) is 2.66. The van der Waals surface area contributed by atoms with E-state index in [2.05, 4.69) is 16.0 Å².